The molecule has 0 heterocycles. The molecular formula is C5H6Si2. The summed E-state index contributed by atoms with van der Waals surface area (Å²) in [6.07, 6.45) is 0. The molecule has 0 unspecified atom stereocenters. The first kappa shape index (κ1) is 6.99. The van der Waals surface area contributed by atoms with Crippen molar-refractivity contribution in [1.29, 1.82) is 0 Å². The van der Waals surface area contributed by atoms with Gasteiger partial charge in [0, 0.05) is 15.3 Å². The first-order chi connectivity index (χ1) is 3.06. The Labute approximate surface area is 51.5 Å². The van der Waals surface area contributed by atoms with Gasteiger partial charge in [0.15, 0.2) is 0 Å². The van der Waals surface area contributed by atoms with Crippen LogP contribution in [0.3, 0.4) is 0 Å². The minimum atomic E-state index is -0.0538. The first-order valence-electron chi connectivity index (χ1n) is 2.00. The number of hydrogen-bond donors (Lipinski definition) is 0. The second kappa shape index (κ2) is 2.34. The maximum atomic E-state index is 3.38. The molecule has 0 bridgehead atoms. The van der Waals surface area contributed by atoms with Crippen LogP contribution in [0.15, 0.2) is 0 Å². The van der Waals surface area contributed by atoms with Crippen molar-refractivity contribution in [2.24, 2.45) is 0 Å². The van der Waals surface area contributed by atoms with E-state index < -0.39 is 0 Å². The van der Waals surface area contributed by atoms with Gasteiger partial charge in [0.05, 0.1) is 0 Å². The number of rotatable bonds is 0. The minimum Gasteiger partial charge on any atom is -0.138 e. The van der Waals surface area contributed by atoms with Gasteiger partial charge < -0.3 is 0 Å². The van der Waals surface area contributed by atoms with Crippen LogP contribution in [0.25, 0.3) is 0 Å². The van der Waals surface area contributed by atoms with Crippen molar-refractivity contribution in [3.63, 3.8) is 0 Å². The van der Waals surface area contributed by atoms with E-state index >= 15 is 0 Å². The highest BCUT2D eigenvalue weighted by atomic mass is 28.1. The third-order valence-electron chi connectivity index (χ3n) is 0.375. The lowest BCUT2D eigenvalue weighted by molar-refractivity contribution is 0.896. The molecule has 0 aromatic heterocycles. The molecule has 0 rings (SSSR count). The molecule has 0 N–H and O–H groups in total. The van der Waals surface area contributed by atoms with E-state index in [1.165, 1.54) is 0 Å². The van der Waals surface area contributed by atoms with Gasteiger partial charge in [0.25, 0.3) is 0 Å². The van der Waals surface area contributed by atoms with Gasteiger partial charge in [-0.1, -0.05) is 13.8 Å². The van der Waals surface area contributed by atoms with E-state index in [0.29, 0.717) is 0 Å². The van der Waals surface area contributed by atoms with E-state index in [1.807, 2.05) is 13.8 Å². The van der Waals surface area contributed by atoms with Gasteiger partial charge in [-0.25, -0.2) is 0 Å². The van der Waals surface area contributed by atoms with Crippen molar-refractivity contribution >= 4 is 20.5 Å². The van der Waals surface area contributed by atoms with Crippen LogP contribution < -0.4 is 0 Å². The van der Waals surface area contributed by atoms with Crippen molar-refractivity contribution in [3.05, 3.63) is 0 Å². The molecule has 0 saturated heterocycles. The van der Waals surface area contributed by atoms with Gasteiger partial charge in [-0.3, -0.25) is 0 Å². The lowest BCUT2D eigenvalue weighted by Gasteiger charge is -2.05. The van der Waals surface area contributed by atoms with Crippen molar-refractivity contribution in [1.82, 2.24) is 0 Å². The van der Waals surface area contributed by atoms with Crippen LogP contribution >= 0.6 is 0 Å². The molecule has 6 radical (unpaired) electrons. The van der Waals surface area contributed by atoms with E-state index in [2.05, 4.69) is 31.9 Å². The Morgan fingerprint density at radius 3 is 1.86 bits per heavy atom. The van der Waals surface area contributed by atoms with Gasteiger partial charge in [0.2, 0.25) is 0 Å². The summed E-state index contributed by atoms with van der Waals surface area (Å²) in [4.78, 5) is 0. The fraction of sp³-hybridized carbons (Fsp3) is 0.600. The van der Waals surface area contributed by atoms with Crippen LogP contribution in [0.4, 0.5) is 0 Å². The Morgan fingerprint density at radius 2 is 1.86 bits per heavy atom. The second-order valence-electron chi connectivity index (χ2n) is 1.88. The van der Waals surface area contributed by atoms with Gasteiger partial charge >= 0.3 is 0 Å². The van der Waals surface area contributed by atoms with Crippen LogP contribution in [-0.4, -0.2) is 20.5 Å². The third kappa shape index (κ3) is 5.99. The van der Waals surface area contributed by atoms with Crippen LogP contribution in [0.2, 0.25) is 5.04 Å². The summed E-state index contributed by atoms with van der Waals surface area (Å²) in [5.41, 5.74) is 2.61. The van der Waals surface area contributed by atoms with Gasteiger partial charge in [-0.05, 0) is 0 Å². The predicted molar refractivity (Wildman–Crippen MR) is 33.3 cm³/mol. The van der Waals surface area contributed by atoms with E-state index in [0.717, 1.165) is 0 Å². The highest BCUT2D eigenvalue weighted by Gasteiger charge is 2.01. The summed E-state index contributed by atoms with van der Waals surface area (Å²) in [7, 11) is 6.42. The van der Waals surface area contributed by atoms with Crippen LogP contribution in [0, 0.1) is 11.5 Å². The van der Waals surface area contributed by atoms with Crippen LogP contribution in [-0.2, 0) is 0 Å². The van der Waals surface area contributed by atoms with Crippen LogP contribution in [0.5, 0.6) is 0 Å². The van der Waals surface area contributed by atoms with Crippen molar-refractivity contribution in [3.8, 4) is 11.5 Å². The second-order valence-corrected chi connectivity index (χ2v) is 3.38. The summed E-state index contributed by atoms with van der Waals surface area (Å²) in [6.45, 7) is 3.97. The smallest absolute Gasteiger partial charge is 0.138 e. The lowest BCUT2D eigenvalue weighted by Crippen LogP contribution is -1.96. The molecule has 0 saturated carbocycles. The molecule has 0 aliphatic rings. The SMILES string of the molecule is CC(C)([Si])C#C[Si]. The van der Waals surface area contributed by atoms with E-state index in [1.54, 1.807) is 0 Å². The van der Waals surface area contributed by atoms with E-state index in [4.69, 9.17) is 0 Å². The minimum absolute atomic E-state index is 0.0538. The first-order valence-corrected chi connectivity index (χ1v) is 3.00. The Morgan fingerprint density at radius 1 is 1.43 bits per heavy atom. The molecule has 2 heteroatoms. The topological polar surface area (TPSA) is 0 Å². The molecule has 0 atom stereocenters. The van der Waals surface area contributed by atoms with E-state index in [9.17, 15) is 0 Å². The molecule has 0 aromatic rings. The van der Waals surface area contributed by atoms with Gasteiger partial charge in [0.1, 0.15) is 10.2 Å². The zero-order valence-corrected chi connectivity index (χ0v) is 6.50. The average molecular weight is 122 g/mol. The summed E-state index contributed by atoms with van der Waals surface area (Å²) in [5, 5.41) is -0.0538. The molecule has 7 heavy (non-hydrogen) atoms. The normalized spacial score (nSPS) is 9.71. The zero-order valence-electron chi connectivity index (χ0n) is 4.50. The Kier molecular flexibility index (Phi) is 2.34. The number of hydrogen-bond acceptors (Lipinski definition) is 0. The third-order valence-corrected chi connectivity index (χ3v) is 0.625. The average Bonchev–Trinajstić information content (AvgIpc) is 1.30. The molecule has 0 aliphatic carbocycles. The highest BCUT2D eigenvalue weighted by Crippen LogP contribution is 2.14. The largest absolute Gasteiger partial charge is 0.147 e. The van der Waals surface area contributed by atoms with Crippen molar-refractivity contribution in [2.45, 2.75) is 18.9 Å². The van der Waals surface area contributed by atoms with Crippen molar-refractivity contribution in [2.75, 3.05) is 0 Å². The fourth-order valence-corrected chi connectivity index (χ4v) is 0.656. The Balaban J connectivity index is 3.72. The molecule has 0 fully saturated rings. The lowest BCUT2D eigenvalue weighted by atomic mass is 10.2. The maximum absolute atomic E-state index is 3.38. The Hall–Kier alpha value is -0.00623. The quantitative estimate of drug-likeness (QED) is 0.324. The zero-order chi connectivity index (χ0) is 5.91. The van der Waals surface area contributed by atoms with Crippen molar-refractivity contribution < 1.29 is 0 Å². The predicted octanol–water partition coefficient (Wildman–Crippen LogP) is 0.483. The molecular weight excluding hydrogens is 116 g/mol. The highest BCUT2D eigenvalue weighted by molar-refractivity contribution is 6.24. The summed E-state index contributed by atoms with van der Waals surface area (Å²) >= 11 is 0. The molecule has 0 aliphatic heterocycles. The molecule has 0 aromatic carbocycles. The van der Waals surface area contributed by atoms with Crippen LogP contribution in [0.1, 0.15) is 13.8 Å². The summed E-state index contributed by atoms with van der Waals surface area (Å²) < 4.78 is 0. The Bertz CT molecular complexity index is 99.5. The molecule has 34 valence electrons. The molecule has 0 spiro atoms. The molecule has 0 nitrogen and oxygen atoms in total. The summed E-state index contributed by atoms with van der Waals surface area (Å²) in [6, 6.07) is 0. The summed E-state index contributed by atoms with van der Waals surface area (Å²) in [5.74, 6) is 2.86. The van der Waals surface area contributed by atoms with Gasteiger partial charge in [-0.15, -0.1) is 11.5 Å². The monoisotopic (exact) mass is 122 g/mol. The molecule has 0 amide bonds. The standard InChI is InChI=1S/C5H6Si2/c1-5(2,7)3-4-6/h1-2H3. The van der Waals surface area contributed by atoms with Gasteiger partial charge in [-0.2, -0.15) is 0 Å². The van der Waals surface area contributed by atoms with E-state index in [-0.39, 0.29) is 5.04 Å². The maximum Gasteiger partial charge on any atom is 0.147 e. The fourth-order valence-electron chi connectivity index (χ4n) is 0.156.